The fourth-order valence-corrected chi connectivity index (χ4v) is 4.55. The number of carbonyl (C=O) groups excluding carboxylic acids is 1. The number of hydrogen-bond donors (Lipinski definition) is 0. The number of amides is 1. The molecule has 1 aliphatic carbocycles. The van der Waals surface area contributed by atoms with Crippen molar-refractivity contribution < 1.29 is 18.8 Å². The zero-order valence-corrected chi connectivity index (χ0v) is 19.7. The van der Waals surface area contributed by atoms with E-state index in [1.807, 2.05) is 33.0 Å². The first-order chi connectivity index (χ1) is 15.8. The second kappa shape index (κ2) is 8.44. The molecule has 0 atom stereocenters. The van der Waals surface area contributed by atoms with Crippen LogP contribution in [0.25, 0.3) is 22.3 Å². The molecule has 1 amide bonds. The molecule has 2 fully saturated rings. The van der Waals surface area contributed by atoms with E-state index in [-0.39, 0.29) is 12.0 Å². The Kier molecular flexibility index (Phi) is 5.60. The molecule has 0 N–H and O–H groups in total. The lowest BCUT2D eigenvalue weighted by Gasteiger charge is -2.34. The molecule has 5 rings (SSSR count). The minimum Gasteiger partial charge on any atom is -0.444 e. The number of nitrogens with zero attached hydrogens (tertiary/aromatic N) is 5. The van der Waals surface area contributed by atoms with Crippen LogP contribution in [0, 0.1) is 0 Å². The molecule has 1 saturated heterocycles. The third-order valence-electron chi connectivity index (χ3n) is 6.54. The van der Waals surface area contributed by atoms with Gasteiger partial charge in [-0.1, -0.05) is 17.3 Å². The van der Waals surface area contributed by atoms with E-state index in [0.717, 1.165) is 42.1 Å². The number of hydrogen-bond acceptors (Lipinski definition) is 7. The molecular formula is C24H31N5O4. The normalized spacial score (nSPS) is 21.9. The highest BCUT2D eigenvalue weighted by molar-refractivity contribution is 5.83. The number of benzene rings is 1. The summed E-state index contributed by atoms with van der Waals surface area (Å²) >= 11 is 0. The number of rotatable bonds is 4. The minimum absolute atomic E-state index is 0.139. The van der Waals surface area contributed by atoms with Gasteiger partial charge in [0, 0.05) is 37.1 Å². The van der Waals surface area contributed by atoms with E-state index in [1.165, 1.54) is 0 Å². The maximum absolute atomic E-state index is 12.3. The Morgan fingerprint density at radius 3 is 2.64 bits per heavy atom. The van der Waals surface area contributed by atoms with Gasteiger partial charge in [0.2, 0.25) is 11.7 Å². The standard InChI is InChI=1S/C24H31N5O4/c1-24(2,3)32-23(30)28-9-7-15(8-10-28)22-26-21(27-33-22)16-5-6-17-14-25-29(20(17)11-16)18-12-19(13-18)31-4/h5-6,11,14-15,18-19H,7-10,12-13H2,1-4H3. The number of methoxy groups -OCH3 is 1. The van der Waals surface area contributed by atoms with Gasteiger partial charge in [0.05, 0.1) is 23.9 Å². The van der Waals surface area contributed by atoms with Gasteiger partial charge in [-0.3, -0.25) is 4.68 Å². The summed E-state index contributed by atoms with van der Waals surface area (Å²) < 4.78 is 18.6. The van der Waals surface area contributed by atoms with E-state index in [0.29, 0.717) is 37.0 Å². The first-order valence-corrected chi connectivity index (χ1v) is 11.6. The van der Waals surface area contributed by atoms with Crippen molar-refractivity contribution in [2.24, 2.45) is 0 Å². The molecule has 9 nitrogen and oxygen atoms in total. The van der Waals surface area contributed by atoms with Crippen LogP contribution in [-0.4, -0.2) is 62.8 Å². The molecule has 0 bridgehead atoms. The highest BCUT2D eigenvalue weighted by Gasteiger charge is 2.32. The zero-order chi connectivity index (χ0) is 23.2. The summed E-state index contributed by atoms with van der Waals surface area (Å²) in [5, 5.41) is 9.94. The van der Waals surface area contributed by atoms with Gasteiger partial charge in [-0.2, -0.15) is 10.1 Å². The van der Waals surface area contributed by atoms with E-state index in [4.69, 9.17) is 19.0 Å². The first-order valence-electron chi connectivity index (χ1n) is 11.6. The van der Waals surface area contributed by atoms with Crippen LogP contribution in [0.15, 0.2) is 28.9 Å². The Morgan fingerprint density at radius 2 is 1.94 bits per heavy atom. The third kappa shape index (κ3) is 4.46. The van der Waals surface area contributed by atoms with Crippen LogP contribution < -0.4 is 0 Å². The topological polar surface area (TPSA) is 95.5 Å². The maximum atomic E-state index is 12.3. The molecule has 1 aromatic carbocycles. The van der Waals surface area contributed by atoms with E-state index in [1.54, 1.807) is 12.0 Å². The summed E-state index contributed by atoms with van der Waals surface area (Å²) in [5.41, 5.74) is 1.49. The lowest BCUT2D eigenvalue weighted by Crippen LogP contribution is -2.41. The van der Waals surface area contributed by atoms with Crippen molar-refractivity contribution in [3.63, 3.8) is 0 Å². The molecular weight excluding hydrogens is 422 g/mol. The molecule has 0 radical (unpaired) electrons. The molecule has 3 heterocycles. The molecule has 0 unspecified atom stereocenters. The van der Waals surface area contributed by atoms with Crippen molar-refractivity contribution in [2.75, 3.05) is 20.2 Å². The van der Waals surface area contributed by atoms with Crippen molar-refractivity contribution in [1.82, 2.24) is 24.8 Å². The summed E-state index contributed by atoms with van der Waals surface area (Å²) in [5.74, 6) is 1.35. The molecule has 33 heavy (non-hydrogen) atoms. The zero-order valence-electron chi connectivity index (χ0n) is 19.7. The summed E-state index contributed by atoms with van der Waals surface area (Å²) in [6, 6.07) is 6.50. The fourth-order valence-electron chi connectivity index (χ4n) is 4.55. The second-order valence-electron chi connectivity index (χ2n) is 10.0. The van der Waals surface area contributed by atoms with Crippen LogP contribution >= 0.6 is 0 Å². The predicted molar refractivity (Wildman–Crippen MR) is 122 cm³/mol. The van der Waals surface area contributed by atoms with E-state index >= 15 is 0 Å². The number of ether oxygens (including phenoxy) is 2. The van der Waals surface area contributed by atoms with Crippen molar-refractivity contribution in [3.05, 3.63) is 30.3 Å². The Morgan fingerprint density at radius 1 is 1.18 bits per heavy atom. The van der Waals surface area contributed by atoms with Gasteiger partial charge < -0.3 is 18.9 Å². The highest BCUT2D eigenvalue weighted by Crippen LogP contribution is 2.36. The fraction of sp³-hybridized carbons (Fsp3) is 0.583. The van der Waals surface area contributed by atoms with Crippen molar-refractivity contribution in [3.8, 4) is 11.4 Å². The quantitative estimate of drug-likeness (QED) is 0.572. The van der Waals surface area contributed by atoms with Crippen LogP contribution in [0.3, 0.4) is 0 Å². The smallest absolute Gasteiger partial charge is 0.410 e. The Balaban J connectivity index is 1.27. The van der Waals surface area contributed by atoms with Crippen LogP contribution in [0.4, 0.5) is 4.79 Å². The van der Waals surface area contributed by atoms with Crippen molar-refractivity contribution in [2.45, 2.75) is 70.1 Å². The Labute approximate surface area is 193 Å². The molecule has 1 aliphatic heterocycles. The lowest BCUT2D eigenvalue weighted by molar-refractivity contribution is 0.00386. The first kappa shape index (κ1) is 21.9. The average Bonchev–Trinajstić information content (AvgIpc) is 3.39. The maximum Gasteiger partial charge on any atom is 0.410 e. The Hall–Kier alpha value is -2.94. The molecule has 3 aromatic rings. The molecule has 2 aromatic heterocycles. The SMILES string of the molecule is COC1CC(n2ncc3ccc(-c4noc(C5CCN(C(=O)OC(C)(C)C)CC5)n4)cc32)C1. The van der Waals surface area contributed by atoms with Gasteiger partial charge in [0.15, 0.2) is 0 Å². The molecule has 0 spiro atoms. The summed E-state index contributed by atoms with van der Waals surface area (Å²) in [6.45, 7) is 6.87. The lowest BCUT2D eigenvalue weighted by atomic mass is 9.89. The van der Waals surface area contributed by atoms with Crippen LogP contribution in [0.5, 0.6) is 0 Å². The molecule has 2 aliphatic rings. The number of carbonyl (C=O) groups is 1. The van der Waals surface area contributed by atoms with Crippen molar-refractivity contribution >= 4 is 17.0 Å². The summed E-state index contributed by atoms with van der Waals surface area (Å²) in [7, 11) is 1.76. The molecule has 1 saturated carbocycles. The van der Waals surface area contributed by atoms with Gasteiger partial charge in [-0.05, 0) is 52.5 Å². The third-order valence-corrected chi connectivity index (χ3v) is 6.54. The van der Waals surface area contributed by atoms with Gasteiger partial charge in [0.1, 0.15) is 5.60 Å². The van der Waals surface area contributed by atoms with Crippen LogP contribution in [0.1, 0.15) is 64.3 Å². The van der Waals surface area contributed by atoms with E-state index < -0.39 is 5.60 Å². The average molecular weight is 454 g/mol. The number of likely N-dealkylation sites (tertiary alicyclic amines) is 1. The number of fused-ring (bicyclic) bond motifs is 1. The van der Waals surface area contributed by atoms with Crippen molar-refractivity contribution in [1.29, 1.82) is 0 Å². The van der Waals surface area contributed by atoms with Crippen LogP contribution in [0.2, 0.25) is 0 Å². The largest absolute Gasteiger partial charge is 0.444 e. The highest BCUT2D eigenvalue weighted by atomic mass is 16.6. The van der Waals surface area contributed by atoms with Gasteiger partial charge in [-0.25, -0.2) is 4.79 Å². The Bertz CT molecular complexity index is 1130. The summed E-state index contributed by atoms with van der Waals surface area (Å²) in [4.78, 5) is 18.8. The van der Waals surface area contributed by atoms with Crippen LogP contribution in [-0.2, 0) is 9.47 Å². The molecule has 9 heteroatoms. The number of aromatic nitrogens is 4. The number of piperidine rings is 1. The van der Waals surface area contributed by atoms with E-state index in [2.05, 4.69) is 27.1 Å². The van der Waals surface area contributed by atoms with Gasteiger partial charge in [-0.15, -0.1) is 0 Å². The molecule has 176 valence electrons. The second-order valence-corrected chi connectivity index (χ2v) is 10.0. The summed E-state index contributed by atoms with van der Waals surface area (Å²) in [6.07, 6.45) is 5.46. The van der Waals surface area contributed by atoms with Gasteiger partial charge in [0.25, 0.3) is 0 Å². The van der Waals surface area contributed by atoms with E-state index in [9.17, 15) is 4.79 Å². The van der Waals surface area contributed by atoms with Gasteiger partial charge >= 0.3 is 6.09 Å². The monoisotopic (exact) mass is 453 g/mol. The minimum atomic E-state index is -0.490. The predicted octanol–water partition coefficient (Wildman–Crippen LogP) is 4.55.